The molecule has 1 atom stereocenters. The van der Waals surface area contributed by atoms with Gasteiger partial charge in [-0.05, 0) is 24.6 Å². The van der Waals surface area contributed by atoms with E-state index in [-0.39, 0.29) is 13.0 Å². The maximum Gasteiger partial charge on any atom is 0.321 e. The Hall–Kier alpha value is -1.58. The van der Waals surface area contributed by atoms with Crippen LogP contribution in [0.25, 0.3) is 0 Å². The molecule has 0 saturated heterocycles. The molecule has 0 aliphatic rings. The van der Waals surface area contributed by atoms with Crippen molar-refractivity contribution in [2.24, 2.45) is 0 Å². The summed E-state index contributed by atoms with van der Waals surface area (Å²) in [5.74, 6) is -3.93. The molecule has 0 fully saturated rings. The average Bonchev–Trinajstić information content (AvgIpc) is 2.37. The van der Waals surface area contributed by atoms with E-state index in [1.165, 1.54) is 7.11 Å². The van der Waals surface area contributed by atoms with Gasteiger partial charge in [-0.3, -0.25) is 4.79 Å². The van der Waals surface area contributed by atoms with Crippen molar-refractivity contribution in [1.82, 2.24) is 4.72 Å². The molecule has 1 rings (SSSR count). The van der Waals surface area contributed by atoms with E-state index >= 15 is 0 Å². The third-order valence-electron chi connectivity index (χ3n) is 2.41. The average molecular weight is 309 g/mol. The van der Waals surface area contributed by atoms with Gasteiger partial charge in [-0.15, -0.1) is 0 Å². The highest BCUT2D eigenvalue weighted by Crippen LogP contribution is 2.14. The Bertz CT molecular complexity index is 590. The van der Waals surface area contributed by atoms with E-state index in [9.17, 15) is 22.0 Å². The second kappa shape index (κ2) is 6.73. The number of aliphatic carboxylic acids is 1. The predicted octanol–water partition coefficient (Wildman–Crippen LogP) is 0.733. The number of hydrogen-bond donors (Lipinski definition) is 2. The van der Waals surface area contributed by atoms with E-state index in [1.54, 1.807) is 0 Å². The number of hydrogen-bond acceptors (Lipinski definition) is 4. The van der Waals surface area contributed by atoms with Gasteiger partial charge in [0.25, 0.3) is 0 Å². The molecule has 0 spiro atoms. The SMILES string of the molecule is COCCC(NS(=O)(=O)c1ccc(F)c(F)c1)C(=O)O. The number of ether oxygens (including phenoxy) is 1. The molecular weight excluding hydrogens is 296 g/mol. The first kappa shape index (κ1) is 16.5. The van der Waals surface area contributed by atoms with Crippen LogP contribution in [0.1, 0.15) is 6.42 Å². The van der Waals surface area contributed by atoms with E-state index in [4.69, 9.17) is 5.11 Å². The Morgan fingerprint density at radius 1 is 1.40 bits per heavy atom. The molecular formula is C11H13F2NO5S. The molecule has 112 valence electrons. The highest BCUT2D eigenvalue weighted by Gasteiger charge is 2.25. The van der Waals surface area contributed by atoms with Gasteiger partial charge >= 0.3 is 5.97 Å². The van der Waals surface area contributed by atoms with Gasteiger partial charge in [0, 0.05) is 13.7 Å². The minimum absolute atomic E-state index is 0.0251. The lowest BCUT2D eigenvalue weighted by Gasteiger charge is -2.14. The van der Waals surface area contributed by atoms with Gasteiger partial charge in [-0.2, -0.15) is 4.72 Å². The van der Waals surface area contributed by atoms with E-state index in [2.05, 4.69) is 4.74 Å². The van der Waals surface area contributed by atoms with Crippen LogP contribution in [-0.2, 0) is 19.6 Å². The first-order valence-electron chi connectivity index (χ1n) is 5.47. The van der Waals surface area contributed by atoms with Crippen LogP contribution < -0.4 is 4.72 Å². The molecule has 0 aliphatic heterocycles. The molecule has 0 aliphatic carbocycles. The van der Waals surface area contributed by atoms with E-state index in [1.807, 2.05) is 4.72 Å². The van der Waals surface area contributed by atoms with Crippen molar-refractivity contribution < 1.29 is 31.8 Å². The lowest BCUT2D eigenvalue weighted by Crippen LogP contribution is -2.41. The smallest absolute Gasteiger partial charge is 0.321 e. The fourth-order valence-electron chi connectivity index (χ4n) is 1.37. The highest BCUT2D eigenvalue weighted by atomic mass is 32.2. The zero-order valence-electron chi connectivity index (χ0n) is 10.5. The fraction of sp³-hybridized carbons (Fsp3) is 0.364. The third kappa shape index (κ3) is 4.22. The maximum absolute atomic E-state index is 13.0. The van der Waals surface area contributed by atoms with Gasteiger partial charge in [0.2, 0.25) is 10.0 Å². The molecule has 9 heteroatoms. The van der Waals surface area contributed by atoms with Gasteiger partial charge in [0.15, 0.2) is 11.6 Å². The highest BCUT2D eigenvalue weighted by molar-refractivity contribution is 7.89. The second-order valence-electron chi connectivity index (χ2n) is 3.87. The topological polar surface area (TPSA) is 92.7 Å². The Morgan fingerprint density at radius 3 is 2.55 bits per heavy atom. The van der Waals surface area contributed by atoms with E-state index < -0.39 is 38.6 Å². The zero-order valence-corrected chi connectivity index (χ0v) is 11.3. The number of halogens is 2. The number of sulfonamides is 1. The maximum atomic E-state index is 13.0. The summed E-state index contributed by atoms with van der Waals surface area (Å²) in [6, 6.07) is 0.547. The van der Waals surface area contributed by atoms with Crippen molar-refractivity contribution in [3.8, 4) is 0 Å². The van der Waals surface area contributed by atoms with Crippen molar-refractivity contribution in [3.05, 3.63) is 29.8 Å². The molecule has 0 radical (unpaired) electrons. The number of carbonyl (C=O) groups is 1. The van der Waals surface area contributed by atoms with E-state index in [0.717, 1.165) is 6.07 Å². The lowest BCUT2D eigenvalue weighted by molar-refractivity contribution is -0.139. The van der Waals surface area contributed by atoms with Gasteiger partial charge < -0.3 is 9.84 Å². The monoisotopic (exact) mass is 309 g/mol. The molecule has 1 aromatic rings. The summed E-state index contributed by atoms with van der Waals surface area (Å²) in [6.07, 6.45) is -0.102. The van der Waals surface area contributed by atoms with Gasteiger partial charge in [-0.25, -0.2) is 17.2 Å². The second-order valence-corrected chi connectivity index (χ2v) is 5.58. The summed E-state index contributed by atoms with van der Waals surface area (Å²) in [7, 11) is -2.93. The van der Waals surface area contributed by atoms with Crippen molar-refractivity contribution in [2.45, 2.75) is 17.4 Å². The molecule has 1 unspecified atom stereocenters. The molecule has 0 amide bonds. The Balaban J connectivity index is 2.97. The van der Waals surface area contributed by atoms with Crippen LogP contribution >= 0.6 is 0 Å². The Morgan fingerprint density at radius 2 is 2.05 bits per heavy atom. The lowest BCUT2D eigenvalue weighted by atomic mass is 10.2. The van der Waals surface area contributed by atoms with Crippen LogP contribution in [0.15, 0.2) is 23.1 Å². The summed E-state index contributed by atoms with van der Waals surface area (Å²) < 4.78 is 56.1. The van der Waals surface area contributed by atoms with Crippen molar-refractivity contribution in [2.75, 3.05) is 13.7 Å². The molecule has 6 nitrogen and oxygen atoms in total. The summed E-state index contributed by atoms with van der Waals surface area (Å²) in [5.41, 5.74) is 0. The number of methoxy groups -OCH3 is 1. The number of carboxylic acid groups (broad SMARTS) is 1. The third-order valence-corrected chi connectivity index (χ3v) is 3.88. The van der Waals surface area contributed by atoms with Crippen molar-refractivity contribution >= 4 is 16.0 Å². The Kier molecular flexibility index (Phi) is 5.54. The van der Waals surface area contributed by atoms with Crippen LogP contribution in [-0.4, -0.2) is 39.3 Å². The quantitative estimate of drug-likeness (QED) is 0.774. The standard InChI is InChI=1S/C11H13F2NO5S/c1-19-5-4-10(11(15)16)14-20(17,18)7-2-3-8(12)9(13)6-7/h2-3,6,10,14H,4-5H2,1H3,(H,15,16). The van der Waals surface area contributed by atoms with E-state index in [0.29, 0.717) is 12.1 Å². The predicted molar refractivity (Wildman–Crippen MR) is 64.6 cm³/mol. The van der Waals surface area contributed by atoms with Crippen molar-refractivity contribution in [1.29, 1.82) is 0 Å². The summed E-state index contributed by atoms with van der Waals surface area (Å²) >= 11 is 0. The van der Waals surface area contributed by atoms with Gasteiger partial charge in [0.1, 0.15) is 6.04 Å². The first-order valence-corrected chi connectivity index (χ1v) is 6.95. The molecule has 0 aromatic heterocycles. The van der Waals surface area contributed by atoms with Crippen LogP contribution in [0.3, 0.4) is 0 Å². The molecule has 0 saturated carbocycles. The molecule has 0 bridgehead atoms. The summed E-state index contributed by atoms with van der Waals surface area (Å²) in [4.78, 5) is 10.4. The Labute approximate surface area is 114 Å². The zero-order chi connectivity index (χ0) is 15.3. The van der Waals surface area contributed by atoms with Crippen LogP contribution in [0.2, 0.25) is 0 Å². The number of carboxylic acids is 1. The normalized spacial score (nSPS) is 13.2. The summed E-state index contributed by atoms with van der Waals surface area (Å²) in [5, 5.41) is 8.89. The minimum atomic E-state index is -4.27. The minimum Gasteiger partial charge on any atom is -0.480 e. The van der Waals surface area contributed by atoms with Crippen LogP contribution in [0, 0.1) is 11.6 Å². The number of benzene rings is 1. The number of rotatable bonds is 7. The largest absolute Gasteiger partial charge is 0.480 e. The first-order chi connectivity index (χ1) is 9.27. The van der Waals surface area contributed by atoms with Crippen LogP contribution in [0.5, 0.6) is 0 Å². The number of nitrogens with one attached hydrogen (secondary N) is 1. The molecule has 0 heterocycles. The van der Waals surface area contributed by atoms with Gasteiger partial charge in [-0.1, -0.05) is 0 Å². The fourth-order valence-corrected chi connectivity index (χ4v) is 2.60. The molecule has 1 aromatic carbocycles. The summed E-state index contributed by atoms with van der Waals surface area (Å²) in [6.45, 7) is 0.0251. The molecule has 20 heavy (non-hydrogen) atoms. The van der Waals surface area contributed by atoms with Gasteiger partial charge in [0.05, 0.1) is 4.90 Å². The van der Waals surface area contributed by atoms with Crippen LogP contribution in [0.4, 0.5) is 8.78 Å². The molecule has 2 N–H and O–H groups in total. The van der Waals surface area contributed by atoms with Crippen molar-refractivity contribution in [3.63, 3.8) is 0 Å².